The number of likely N-dealkylation sites (tertiary alicyclic amines) is 1. The van der Waals surface area contributed by atoms with Gasteiger partial charge in [0.1, 0.15) is 11.9 Å². The summed E-state index contributed by atoms with van der Waals surface area (Å²) in [5, 5.41) is 14.8. The molecule has 2 aliphatic rings. The van der Waals surface area contributed by atoms with Gasteiger partial charge in [-0.05, 0) is 48.6 Å². The fourth-order valence-corrected chi connectivity index (χ4v) is 6.27. The van der Waals surface area contributed by atoms with Crippen molar-refractivity contribution in [2.24, 2.45) is 11.7 Å². The number of fused-ring (bicyclic) bond motifs is 3. The number of carbonyl (C=O) groups excluding carboxylic acids is 3. The van der Waals surface area contributed by atoms with Gasteiger partial charge in [0, 0.05) is 39.1 Å². The zero-order chi connectivity index (χ0) is 28.8. The number of thiophene rings is 1. The number of amidine groups is 1. The predicted molar refractivity (Wildman–Crippen MR) is 148 cm³/mol. The molecule has 2 aromatic carbocycles. The average Bonchev–Trinajstić information content (AvgIpc) is 3.63. The maximum absolute atomic E-state index is 14.8. The lowest BCUT2D eigenvalue weighted by molar-refractivity contribution is -0.138. The summed E-state index contributed by atoms with van der Waals surface area (Å²) in [7, 11) is 0. The maximum atomic E-state index is 14.8. The van der Waals surface area contributed by atoms with Crippen molar-refractivity contribution in [1.82, 2.24) is 15.5 Å². The van der Waals surface area contributed by atoms with E-state index in [4.69, 9.17) is 11.1 Å². The van der Waals surface area contributed by atoms with Gasteiger partial charge in [-0.25, -0.2) is 0 Å². The highest BCUT2D eigenvalue weighted by atomic mass is 32.1. The Morgan fingerprint density at radius 3 is 2.58 bits per heavy atom. The van der Waals surface area contributed by atoms with Crippen LogP contribution in [-0.4, -0.2) is 47.6 Å². The van der Waals surface area contributed by atoms with Crippen molar-refractivity contribution >= 4 is 34.9 Å². The Bertz CT molecular complexity index is 1520. The first-order valence-electron chi connectivity index (χ1n) is 12.9. The number of nitrogens with zero attached hydrogens (tertiary/aromatic N) is 1. The van der Waals surface area contributed by atoms with Gasteiger partial charge in [0.2, 0.25) is 11.8 Å². The molecular formula is C29H29F2N5O3S. The molecule has 1 unspecified atom stereocenters. The van der Waals surface area contributed by atoms with Crippen LogP contribution in [0.5, 0.6) is 0 Å². The van der Waals surface area contributed by atoms with Crippen LogP contribution < -0.4 is 16.4 Å². The Labute approximate surface area is 234 Å². The molecule has 3 amide bonds. The SMILES string of the molecule is CC(NC(=O)[C@@H]1C[C@@H](C)CN1C(=O)CNC(=O)c1ccc2c(c1)-c1ccccc1C2(F)F)c1cc(C(=N)N)cs1. The molecule has 3 aromatic rings. The van der Waals surface area contributed by atoms with Crippen molar-refractivity contribution in [3.8, 4) is 11.1 Å². The Hall–Kier alpha value is -4.12. The second-order valence-corrected chi connectivity index (χ2v) is 11.3. The highest BCUT2D eigenvalue weighted by Gasteiger charge is 2.44. The molecule has 0 saturated carbocycles. The van der Waals surface area contributed by atoms with E-state index in [1.54, 1.807) is 29.6 Å². The van der Waals surface area contributed by atoms with Gasteiger partial charge in [-0.15, -0.1) is 11.3 Å². The lowest BCUT2D eigenvalue weighted by Gasteiger charge is -2.25. The molecule has 5 rings (SSSR count). The lowest BCUT2D eigenvalue weighted by atomic mass is 10.0. The van der Waals surface area contributed by atoms with Crippen LogP contribution in [0.2, 0.25) is 0 Å². The number of nitrogens with one attached hydrogen (secondary N) is 3. The molecule has 11 heteroatoms. The van der Waals surface area contributed by atoms with Gasteiger partial charge in [-0.1, -0.05) is 37.3 Å². The minimum absolute atomic E-state index is 0.0490. The molecule has 3 atom stereocenters. The van der Waals surface area contributed by atoms with Crippen LogP contribution in [0.15, 0.2) is 53.9 Å². The summed E-state index contributed by atoms with van der Waals surface area (Å²) >= 11 is 1.39. The van der Waals surface area contributed by atoms with Crippen LogP contribution in [0.25, 0.3) is 11.1 Å². The third-order valence-electron chi connectivity index (χ3n) is 7.43. The van der Waals surface area contributed by atoms with E-state index in [2.05, 4.69) is 10.6 Å². The second-order valence-electron chi connectivity index (χ2n) is 10.3. The van der Waals surface area contributed by atoms with Crippen LogP contribution in [0.1, 0.15) is 58.2 Å². The van der Waals surface area contributed by atoms with Gasteiger partial charge in [-0.3, -0.25) is 19.8 Å². The first-order valence-corrected chi connectivity index (χ1v) is 13.8. The Morgan fingerprint density at radius 1 is 1.12 bits per heavy atom. The highest BCUT2D eigenvalue weighted by molar-refractivity contribution is 7.10. The fraction of sp³-hybridized carbons (Fsp3) is 0.310. The molecule has 2 heterocycles. The van der Waals surface area contributed by atoms with Crippen LogP contribution >= 0.6 is 11.3 Å². The predicted octanol–water partition coefficient (Wildman–Crippen LogP) is 4.00. The number of amides is 3. The van der Waals surface area contributed by atoms with Gasteiger partial charge in [0.05, 0.1) is 12.6 Å². The van der Waals surface area contributed by atoms with Crippen LogP contribution in [0.3, 0.4) is 0 Å². The Balaban J connectivity index is 1.23. The summed E-state index contributed by atoms with van der Waals surface area (Å²) < 4.78 is 29.7. The van der Waals surface area contributed by atoms with Crippen LogP contribution in [0, 0.1) is 11.3 Å². The topological polar surface area (TPSA) is 128 Å². The first kappa shape index (κ1) is 27.4. The summed E-state index contributed by atoms with van der Waals surface area (Å²) in [5.41, 5.74) is 6.70. The number of halogens is 2. The van der Waals surface area contributed by atoms with Gasteiger partial charge < -0.3 is 21.3 Å². The normalized spacial score (nSPS) is 19.4. The van der Waals surface area contributed by atoms with Gasteiger partial charge in [0.15, 0.2) is 0 Å². The van der Waals surface area contributed by atoms with Gasteiger partial charge in [-0.2, -0.15) is 8.78 Å². The average molecular weight is 566 g/mol. The quantitative estimate of drug-likeness (QED) is 0.255. The zero-order valence-electron chi connectivity index (χ0n) is 22.0. The molecule has 1 fully saturated rings. The van der Waals surface area contributed by atoms with Crippen molar-refractivity contribution in [3.63, 3.8) is 0 Å². The zero-order valence-corrected chi connectivity index (χ0v) is 22.8. The van der Waals surface area contributed by atoms with E-state index in [-0.39, 0.29) is 46.9 Å². The molecule has 208 valence electrons. The number of hydrogen-bond donors (Lipinski definition) is 4. The van der Waals surface area contributed by atoms with Crippen molar-refractivity contribution in [1.29, 1.82) is 5.41 Å². The summed E-state index contributed by atoms with van der Waals surface area (Å²) in [6.45, 7) is 3.82. The largest absolute Gasteiger partial charge is 0.384 e. The molecular weight excluding hydrogens is 536 g/mol. The lowest BCUT2D eigenvalue weighted by Crippen LogP contribution is -2.49. The smallest absolute Gasteiger partial charge is 0.299 e. The number of nitrogen functional groups attached to an aromatic ring is 1. The summed E-state index contributed by atoms with van der Waals surface area (Å²) in [5.74, 6) is -4.37. The third-order valence-corrected chi connectivity index (χ3v) is 8.54. The van der Waals surface area contributed by atoms with Crippen molar-refractivity contribution in [2.75, 3.05) is 13.1 Å². The molecule has 0 bridgehead atoms. The monoisotopic (exact) mass is 565 g/mol. The fourth-order valence-electron chi connectivity index (χ4n) is 5.35. The maximum Gasteiger partial charge on any atom is 0.299 e. The molecule has 5 N–H and O–H groups in total. The van der Waals surface area contributed by atoms with Crippen LogP contribution in [-0.2, 0) is 15.5 Å². The number of carbonyl (C=O) groups is 3. The highest BCUT2D eigenvalue weighted by Crippen LogP contribution is 2.50. The molecule has 0 radical (unpaired) electrons. The van der Waals surface area contributed by atoms with Gasteiger partial charge >= 0.3 is 0 Å². The van der Waals surface area contributed by atoms with Crippen molar-refractivity contribution in [3.05, 3.63) is 81.0 Å². The molecule has 8 nitrogen and oxygen atoms in total. The van der Waals surface area contributed by atoms with E-state index < -0.39 is 23.8 Å². The number of nitrogens with two attached hydrogens (primary N) is 1. The number of benzene rings is 2. The minimum Gasteiger partial charge on any atom is -0.384 e. The molecule has 0 spiro atoms. The van der Waals surface area contributed by atoms with E-state index in [0.29, 0.717) is 29.7 Å². The Morgan fingerprint density at radius 2 is 1.85 bits per heavy atom. The van der Waals surface area contributed by atoms with Gasteiger partial charge in [0.25, 0.3) is 11.8 Å². The first-order chi connectivity index (χ1) is 19.0. The van der Waals surface area contributed by atoms with E-state index in [9.17, 15) is 23.2 Å². The number of rotatable bonds is 7. The second kappa shape index (κ2) is 10.5. The van der Waals surface area contributed by atoms with Crippen molar-refractivity contribution in [2.45, 2.75) is 38.3 Å². The number of alkyl halides is 2. The van der Waals surface area contributed by atoms with E-state index in [1.807, 2.05) is 13.8 Å². The minimum atomic E-state index is -3.14. The van der Waals surface area contributed by atoms with E-state index in [1.165, 1.54) is 40.5 Å². The van der Waals surface area contributed by atoms with E-state index >= 15 is 0 Å². The third kappa shape index (κ3) is 4.97. The molecule has 1 saturated heterocycles. The molecule has 40 heavy (non-hydrogen) atoms. The summed E-state index contributed by atoms with van der Waals surface area (Å²) in [4.78, 5) is 41.5. The Kier molecular flexibility index (Phi) is 7.17. The van der Waals surface area contributed by atoms with E-state index in [0.717, 1.165) is 4.88 Å². The molecule has 1 aliphatic carbocycles. The molecule has 1 aliphatic heterocycles. The molecule has 1 aromatic heterocycles. The standard InChI is InChI=1S/C29H29F2N5O3S/c1-15-9-23(28(39)35-16(2)24-11-18(14-40-24)26(32)33)36(13-15)25(37)12-34-27(38)17-7-8-22-20(10-17)19-5-3-4-6-21(19)29(22,30)31/h3-8,10-11,14-16,23H,9,12-13H2,1-2H3,(H3,32,33)(H,34,38)(H,35,39)/t15-,16?,23+/m1/s1. The number of hydrogen-bond acceptors (Lipinski definition) is 5. The van der Waals surface area contributed by atoms with Crippen LogP contribution in [0.4, 0.5) is 8.78 Å². The summed E-state index contributed by atoms with van der Waals surface area (Å²) in [6.07, 6.45) is 0.486. The summed E-state index contributed by atoms with van der Waals surface area (Å²) in [6, 6.07) is 10.9. The van der Waals surface area contributed by atoms with Crippen molar-refractivity contribution < 1.29 is 23.2 Å².